The summed E-state index contributed by atoms with van der Waals surface area (Å²) >= 11 is 1.62. The van der Waals surface area contributed by atoms with Crippen LogP contribution in [0.3, 0.4) is 0 Å². The van der Waals surface area contributed by atoms with E-state index in [0.29, 0.717) is 6.54 Å². The molecule has 2 heterocycles. The number of nitrogens with zero attached hydrogens (tertiary/aromatic N) is 4. The molecule has 1 N–H and O–H groups in total. The first-order valence-corrected chi connectivity index (χ1v) is 7.32. The van der Waals surface area contributed by atoms with E-state index in [0.717, 1.165) is 10.7 Å². The zero-order valence-electron chi connectivity index (χ0n) is 12.1. The van der Waals surface area contributed by atoms with Gasteiger partial charge >= 0.3 is 0 Å². The molecule has 0 bridgehead atoms. The first-order chi connectivity index (χ1) is 9.38. The lowest BCUT2D eigenvalue weighted by atomic mass is 9.98. The number of carbonyl (C=O) groups excluding carboxylic acids is 1. The highest BCUT2D eigenvalue weighted by molar-refractivity contribution is 7.09. The van der Waals surface area contributed by atoms with Crippen molar-refractivity contribution in [1.29, 1.82) is 0 Å². The molecule has 108 valence electrons. The minimum atomic E-state index is -0.377. The maximum absolute atomic E-state index is 12.0. The number of thiazole rings is 1. The molecule has 0 saturated heterocycles. The molecule has 0 radical (unpaired) electrons. The predicted molar refractivity (Wildman–Crippen MR) is 77.4 cm³/mol. The van der Waals surface area contributed by atoms with E-state index in [1.165, 1.54) is 17.3 Å². The van der Waals surface area contributed by atoms with Crippen LogP contribution in [0.4, 0.5) is 0 Å². The molecule has 6 nitrogen and oxygen atoms in total. The number of carbonyl (C=O) groups is 1. The predicted octanol–water partition coefficient (Wildman–Crippen LogP) is 1.91. The quantitative estimate of drug-likeness (QED) is 0.934. The Hall–Kier alpha value is -1.76. The van der Waals surface area contributed by atoms with Crippen LogP contribution in [-0.2, 0) is 16.8 Å². The molecule has 0 fully saturated rings. The fourth-order valence-corrected chi connectivity index (χ4v) is 2.50. The van der Waals surface area contributed by atoms with Gasteiger partial charge in [-0.2, -0.15) is 5.10 Å². The van der Waals surface area contributed by atoms with Gasteiger partial charge < -0.3 is 5.32 Å². The van der Waals surface area contributed by atoms with Gasteiger partial charge in [0.05, 0.1) is 17.2 Å². The van der Waals surface area contributed by atoms with E-state index < -0.39 is 0 Å². The van der Waals surface area contributed by atoms with Gasteiger partial charge in [0.1, 0.15) is 18.7 Å². The second-order valence-corrected chi connectivity index (χ2v) is 6.52. The number of rotatable bonds is 4. The number of aromatic nitrogens is 4. The smallest absolute Gasteiger partial charge is 0.244 e. The molecule has 0 aliphatic rings. The average Bonchev–Trinajstić information content (AvgIpc) is 3.04. The van der Waals surface area contributed by atoms with E-state index in [1.807, 2.05) is 5.38 Å². The SMILES string of the molecule is CC(C(=O)NCc1csc(C(C)(C)C)n1)n1cncn1. The average molecular weight is 293 g/mol. The van der Waals surface area contributed by atoms with Crippen LogP contribution < -0.4 is 5.32 Å². The number of hydrogen-bond donors (Lipinski definition) is 1. The summed E-state index contributed by atoms with van der Waals surface area (Å²) < 4.78 is 1.52. The lowest BCUT2D eigenvalue weighted by Crippen LogP contribution is -2.31. The molecule has 0 aliphatic carbocycles. The molecule has 2 rings (SSSR count). The standard InChI is InChI=1S/C13H19N5OS/c1-9(18-8-14-7-16-18)11(19)15-5-10-6-20-12(17-10)13(2,3)4/h6-9H,5H2,1-4H3,(H,15,19). The monoisotopic (exact) mass is 293 g/mol. The van der Waals surface area contributed by atoms with E-state index in [4.69, 9.17) is 0 Å². The van der Waals surface area contributed by atoms with Crippen molar-refractivity contribution in [3.8, 4) is 0 Å². The van der Waals surface area contributed by atoms with E-state index in [2.05, 4.69) is 41.2 Å². The molecular formula is C13H19N5OS. The summed E-state index contributed by atoms with van der Waals surface area (Å²) in [7, 11) is 0. The van der Waals surface area contributed by atoms with Gasteiger partial charge in [-0.15, -0.1) is 11.3 Å². The van der Waals surface area contributed by atoms with Crippen molar-refractivity contribution < 1.29 is 4.79 Å². The Labute approximate surface area is 122 Å². The summed E-state index contributed by atoms with van der Waals surface area (Å²) in [5.74, 6) is -0.0965. The van der Waals surface area contributed by atoms with Gasteiger partial charge in [-0.25, -0.2) is 14.6 Å². The number of hydrogen-bond acceptors (Lipinski definition) is 5. The van der Waals surface area contributed by atoms with E-state index in [-0.39, 0.29) is 17.4 Å². The van der Waals surface area contributed by atoms with Gasteiger partial charge in [-0.3, -0.25) is 4.79 Å². The summed E-state index contributed by atoms with van der Waals surface area (Å²) in [5.41, 5.74) is 0.931. The summed E-state index contributed by atoms with van der Waals surface area (Å²) in [5, 5.41) is 9.89. The second-order valence-electron chi connectivity index (χ2n) is 5.66. The van der Waals surface area contributed by atoms with Crippen LogP contribution in [0, 0.1) is 0 Å². The van der Waals surface area contributed by atoms with Gasteiger partial charge in [0.2, 0.25) is 5.91 Å². The zero-order valence-corrected chi connectivity index (χ0v) is 12.9. The molecular weight excluding hydrogens is 274 g/mol. The van der Waals surface area contributed by atoms with Gasteiger partial charge in [-0.1, -0.05) is 20.8 Å². The van der Waals surface area contributed by atoms with Crippen LogP contribution in [0.5, 0.6) is 0 Å². The van der Waals surface area contributed by atoms with E-state index in [1.54, 1.807) is 18.3 Å². The minimum absolute atomic E-state index is 0.0426. The molecule has 1 amide bonds. The minimum Gasteiger partial charge on any atom is -0.349 e. The Kier molecular flexibility index (Phi) is 4.17. The van der Waals surface area contributed by atoms with Gasteiger partial charge in [0.25, 0.3) is 0 Å². The molecule has 0 saturated carbocycles. The van der Waals surface area contributed by atoms with Crippen molar-refractivity contribution in [2.75, 3.05) is 0 Å². The van der Waals surface area contributed by atoms with Crippen LogP contribution >= 0.6 is 11.3 Å². The van der Waals surface area contributed by atoms with E-state index >= 15 is 0 Å². The lowest BCUT2D eigenvalue weighted by molar-refractivity contribution is -0.124. The van der Waals surface area contributed by atoms with Gasteiger partial charge in [0, 0.05) is 10.8 Å². The highest BCUT2D eigenvalue weighted by atomic mass is 32.1. The maximum atomic E-state index is 12.0. The Bertz CT molecular complexity index is 570. The van der Waals surface area contributed by atoms with Crippen LogP contribution in [0.15, 0.2) is 18.0 Å². The Morgan fingerprint density at radius 2 is 2.25 bits per heavy atom. The molecule has 0 aliphatic heterocycles. The molecule has 1 atom stereocenters. The molecule has 20 heavy (non-hydrogen) atoms. The van der Waals surface area contributed by atoms with Gasteiger partial charge in [0.15, 0.2) is 0 Å². The summed E-state index contributed by atoms with van der Waals surface area (Å²) in [6, 6.07) is -0.377. The number of amides is 1. The van der Waals surface area contributed by atoms with Crippen molar-refractivity contribution in [2.45, 2.75) is 45.7 Å². The first-order valence-electron chi connectivity index (χ1n) is 6.44. The van der Waals surface area contributed by atoms with Crippen molar-refractivity contribution in [1.82, 2.24) is 25.1 Å². The Morgan fingerprint density at radius 1 is 1.50 bits per heavy atom. The van der Waals surface area contributed by atoms with Crippen molar-refractivity contribution in [3.05, 3.63) is 28.7 Å². The largest absolute Gasteiger partial charge is 0.349 e. The number of nitrogens with one attached hydrogen (secondary N) is 1. The highest BCUT2D eigenvalue weighted by Crippen LogP contribution is 2.25. The van der Waals surface area contributed by atoms with Crippen molar-refractivity contribution in [3.63, 3.8) is 0 Å². The second kappa shape index (κ2) is 5.70. The normalized spacial score (nSPS) is 13.2. The third-order valence-electron chi connectivity index (χ3n) is 2.85. The summed E-state index contributed by atoms with van der Waals surface area (Å²) in [6.45, 7) is 8.60. The fraction of sp³-hybridized carbons (Fsp3) is 0.538. The van der Waals surface area contributed by atoms with Gasteiger partial charge in [-0.05, 0) is 6.92 Å². The molecule has 0 aromatic carbocycles. The molecule has 0 spiro atoms. The van der Waals surface area contributed by atoms with E-state index in [9.17, 15) is 4.79 Å². The van der Waals surface area contributed by atoms with Crippen LogP contribution in [0.25, 0.3) is 0 Å². The first kappa shape index (κ1) is 14.6. The maximum Gasteiger partial charge on any atom is 0.244 e. The topological polar surface area (TPSA) is 72.7 Å². The van der Waals surface area contributed by atoms with Crippen molar-refractivity contribution in [2.24, 2.45) is 0 Å². The Morgan fingerprint density at radius 3 is 2.80 bits per heavy atom. The third kappa shape index (κ3) is 3.41. The van der Waals surface area contributed by atoms with Crippen molar-refractivity contribution >= 4 is 17.2 Å². The van der Waals surface area contributed by atoms with Crippen LogP contribution in [0.1, 0.15) is 44.4 Å². The molecule has 2 aromatic heterocycles. The zero-order chi connectivity index (χ0) is 14.8. The lowest BCUT2D eigenvalue weighted by Gasteiger charge is -2.14. The highest BCUT2D eigenvalue weighted by Gasteiger charge is 2.19. The summed E-state index contributed by atoms with van der Waals surface area (Å²) in [4.78, 5) is 20.4. The molecule has 1 unspecified atom stereocenters. The van der Waals surface area contributed by atoms with Crippen LogP contribution in [-0.4, -0.2) is 25.7 Å². The fourth-order valence-electron chi connectivity index (χ4n) is 1.60. The third-order valence-corrected chi connectivity index (χ3v) is 4.17. The Balaban J connectivity index is 1.92. The summed E-state index contributed by atoms with van der Waals surface area (Å²) in [6.07, 6.45) is 2.95. The molecule has 7 heteroatoms. The molecule has 2 aromatic rings. The van der Waals surface area contributed by atoms with Crippen LogP contribution in [0.2, 0.25) is 0 Å².